The summed E-state index contributed by atoms with van der Waals surface area (Å²) in [6.07, 6.45) is 1.69. The minimum absolute atomic E-state index is 0.346. The SMILES string of the molecule is Cc1oc(-c2ccccc2)nc1COc1ccccn1. The van der Waals surface area contributed by atoms with Crippen LogP contribution >= 0.6 is 0 Å². The third-order valence-electron chi connectivity index (χ3n) is 2.91. The van der Waals surface area contributed by atoms with Gasteiger partial charge in [0.1, 0.15) is 18.1 Å². The van der Waals surface area contributed by atoms with Crippen LogP contribution in [0, 0.1) is 6.92 Å². The first-order chi connectivity index (χ1) is 9.83. The number of pyridine rings is 1. The van der Waals surface area contributed by atoms with Crippen LogP contribution in [0.2, 0.25) is 0 Å². The van der Waals surface area contributed by atoms with Crippen molar-refractivity contribution in [1.29, 1.82) is 0 Å². The third kappa shape index (κ3) is 2.69. The summed E-state index contributed by atoms with van der Waals surface area (Å²) >= 11 is 0. The quantitative estimate of drug-likeness (QED) is 0.723. The molecular formula is C16H14N2O2. The van der Waals surface area contributed by atoms with Crippen LogP contribution in [0.25, 0.3) is 11.5 Å². The number of aromatic nitrogens is 2. The molecule has 0 N–H and O–H groups in total. The van der Waals surface area contributed by atoms with Crippen molar-refractivity contribution in [1.82, 2.24) is 9.97 Å². The zero-order valence-corrected chi connectivity index (χ0v) is 11.1. The van der Waals surface area contributed by atoms with Gasteiger partial charge >= 0.3 is 0 Å². The van der Waals surface area contributed by atoms with E-state index < -0.39 is 0 Å². The molecule has 0 aliphatic carbocycles. The normalized spacial score (nSPS) is 10.4. The monoisotopic (exact) mass is 266 g/mol. The molecule has 0 amide bonds. The van der Waals surface area contributed by atoms with E-state index in [9.17, 15) is 0 Å². The molecule has 4 heteroatoms. The highest BCUT2D eigenvalue weighted by atomic mass is 16.5. The van der Waals surface area contributed by atoms with Gasteiger partial charge in [0.15, 0.2) is 0 Å². The van der Waals surface area contributed by atoms with Gasteiger partial charge in [-0.15, -0.1) is 0 Å². The lowest BCUT2D eigenvalue weighted by molar-refractivity contribution is 0.287. The lowest BCUT2D eigenvalue weighted by Crippen LogP contribution is -1.98. The number of nitrogens with zero attached hydrogens (tertiary/aromatic N) is 2. The van der Waals surface area contributed by atoms with Crippen molar-refractivity contribution in [2.45, 2.75) is 13.5 Å². The van der Waals surface area contributed by atoms with Crippen LogP contribution in [0.4, 0.5) is 0 Å². The van der Waals surface area contributed by atoms with Gasteiger partial charge in [-0.3, -0.25) is 0 Å². The molecule has 0 aliphatic rings. The van der Waals surface area contributed by atoms with Crippen LogP contribution in [0.3, 0.4) is 0 Å². The van der Waals surface area contributed by atoms with Gasteiger partial charge in [-0.25, -0.2) is 9.97 Å². The molecule has 1 aromatic carbocycles. The Morgan fingerprint density at radius 3 is 2.60 bits per heavy atom. The molecule has 0 unspecified atom stereocenters. The number of ether oxygens (including phenoxy) is 1. The zero-order valence-electron chi connectivity index (χ0n) is 11.1. The van der Waals surface area contributed by atoms with Crippen molar-refractivity contribution < 1.29 is 9.15 Å². The molecule has 0 radical (unpaired) electrons. The van der Waals surface area contributed by atoms with Crippen molar-refractivity contribution in [3.05, 3.63) is 66.2 Å². The summed E-state index contributed by atoms with van der Waals surface area (Å²) in [5.41, 5.74) is 1.74. The second-order valence-corrected chi connectivity index (χ2v) is 4.34. The van der Waals surface area contributed by atoms with Crippen molar-refractivity contribution in [3.8, 4) is 17.3 Å². The molecule has 0 bridgehead atoms. The summed E-state index contributed by atoms with van der Waals surface area (Å²) < 4.78 is 11.3. The first kappa shape index (κ1) is 12.4. The number of aryl methyl sites for hydroxylation is 1. The van der Waals surface area contributed by atoms with E-state index in [4.69, 9.17) is 9.15 Å². The van der Waals surface area contributed by atoms with Gasteiger partial charge in [0.25, 0.3) is 0 Å². The number of rotatable bonds is 4. The summed E-state index contributed by atoms with van der Waals surface area (Å²) in [7, 11) is 0. The summed E-state index contributed by atoms with van der Waals surface area (Å²) in [6.45, 7) is 2.23. The molecule has 0 atom stereocenters. The average Bonchev–Trinajstić information content (AvgIpc) is 2.88. The zero-order chi connectivity index (χ0) is 13.8. The topological polar surface area (TPSA) is 48.2 Å². The lowest BCUT2D eigenvalue weighted by atomic mass is 10.2. The summed E-state index contributed by atoms with van der Waals surface area (Å²) in [5, 5.41) is 0. The van der Waals surface area contributed by atoms with Crippen molar-refractivity contribution >= 4 is 0 Å². The summed E-state index contributed by atoms with van der Waals surface area (Å²) in [5.74, 6) is 1.96. The van der Waals surface area contributed by atoms with Crippen molar-refractivity contribution in [2.24, 2.45) is 0 Å². The van der Waals surface area contributed by atoms with Crippen molar-refractivity contribution in [2.75, 3.05) is 0 Å². The number of oxazole rings is 1. The van der Waals surface area contributed by atoms with Crippen LogP contribution in [0.15, 0.2) is 59.1 Å². The predicted molar refractivity (Wildman–Crippen MR) is 75.2 cm³/mol. The maximum Gasteiger partial charge on any atom is 0.226 e. The molecule has 0 spiro atoms. The van der Waals surface area contributed by atoms with Crippen LogP contribution < -0.4 is 4.74 Å². The van der Waals surface area contributed by atoms with E-state index in [2.05, 4.69) is 9.97 Å². The van der Waals surface area contributed by atoms with Crippen LogP contribution in [0.1, 0.15) is 11.5 Å². The molecule has 0 aliphatic heterocycles. The predicted octanol–water partition coefficient (Wildman–Crippen LogP) is 3.62. The largest absolute Gasteiger partial charge is 0.471 e. The third-order valence-corrected chi connectivity index (χ3v) is 2.91. The van der Waals surface area contributed by atoms with Crippen LogP contribution in [0.5, 0.6) is 5.88 Å². The number of benzene rings is 1. The Morgan fingerprint density at radius 1 is 1.05 bits per heavy atom. The van der Waals surface area contributed by atoms with Gasteiger partial charge in [-0.2, -0.15) is 0 Å². The standard InChI is InChI=1S/C16H14N2O2/c1-12-14(11-19-15-9-5-6-10-17-15)18-16(20-12)13-7-3-2-4-8-13/h2-10H,11H2,1H3. The molecule has 4 nitrogen and oxygen atoms in total. The Labute approximate surface area is 117 Å². The van der Waals surface area contributed by atoms with E-state index in [0.29, 0.717) is 18.4 Å². The molecule has 0 fully saturated rings. The maximum absolute atomic E-state index is 5.68. The van der Waals surface area contributed by atoms with Gasteiger partial charge in [0.2, 0.25) is 11.8 Å². The minimum atomic E-state index is 0.346. The summed E-state index contributed by atoms with van der Waals surface area (Å²) in [4.78, 5) is 8.58. The fraction of sp³-hybridized carbons (Fsp3) is 0.125. The van der Waals surface area contributed by atoms with E-state index in [0.717, 1.165) is 17.0 Å². The van der Waals surface area contributed by atoms with Crippen LogP contribution in [-0.2, 0) is 6.61 Å². The lowest BCUT2D eigenvalue weighted by Gasteiger charge is -2.01. The molecular weight excluding hydrogens is 252 g/mol. The fourth-order valence-electron chi connectivity index (χ4n) is 1.84. The smallest absolute Gasteiger partial charge is 0.226 e. The maximum atomic E-state index is 5.68. The minimum Gasteiger partial charge on any atom is -0.471 e. The Bertz CT molecular complexity index is 678. The van der Waals surface area contributed by atoms with Crippen LogP contribution in [-0.4, -0.2) is 9.97 Å². The average molecular weight is 266 g/mol. The van der Waals surface area contributed by atoms with E-state index in [1.54, 1.807) is 6.20 Å². The van der Waals surface area contributed by atoms with Gasteiger partial charge in [-0.05, 0) is 25.1 Å². The molecule has 100 valence electrons. The molecule has 3 rings (SSSR count). The van der Waals surface area contributed by atoms with Crippen molar-refractivity contribution in [3.63, 3.8) is 0 Å². The molecule has 2 heterocycles. The highest BCUT2D eigenvalue weighted by Crippen LogP contribution is 2.22. The molecule has 3 aromatic rings. The Balaban J connectivity index is 1.76. The Morgan fingerprint density at radius 2 is 1.85 bits per heavy atom. The van der Waals surface area contributed by atoms with Gasteiger partial charge in [-0.1, -0.05) is 24.3 Å². The highest BCUT2D eigenvalue weighted by molar-refractivity contribution is 5.53. The van der Waals surface area contributed by atoms with E-state index in [1.165, 1.54) is 0 Å². The molecule has 0 saturated heterocycles. The Kier molecular flexibility index (Phi) is 3.46. The molecule has 0 saturated carbocycles. The highest BCUT2D eigenvalue weighted by Gasteiger charge is 2.11. The molecule has 2 aromatic heterocycles. The van der Waals surface area contributed by atoms with E-state index in [-0.39, 0.29) is 0 Å². The fourth-order valence-corrected chi connectivity index (χ4v) is 1.84. The van der Waals surface area contributed by atoms with Gasteiger partial charge in [0.05, 0.1) is 0 Å². The summed E-state index contributed by atoms with van der Waals surface area (Å²) in [6, 6.07) is 15.4. The van der Waals surface area contributed by atoms with Gasteiger partial charge in [0, 0.05) is 17.8 Å². The second kappa shape index (κ2) is 5.57. The molecule has 20 heavy (non-hydrogen) atoms. The van der Waals surface area contributed by atoms with E-state index in [1.807, 2.05) is 55.5 Å². The second-order valence-electron chi connectivity index (χ2n) is 4.34. The van der Waals surface area contributed by atoms with Gasteiger partial charge < -0.3 is 9.15 Å². The number of hydrogen-bond donors (Lipinski definition) is 0. The first-order valence-corrected chi connectivity index (χ1v) is 6.38. The number of hydrogen-bond acceptors (Lipinski definition) is 4. The Hall–Kier alpha value is -2.62. The first-order valence-electron chi connectivity index (χ1n) is 6.38. The van der Waals surface area contributed by atoms with E-state index >= 15 is 0 Å².